The van der Waals surface area contributed by atoms with Gasteiger partial charge in [-0.2, -0.15) is 0 Å². The van der Waals surface area contributed by atoms with Gasteiger partial charge in [-0.25, -0.2) is 4.79 Å². The molecule has 0 aliphatic carbocycles. The molecule has 0 unspecified atom stereocenters. The Kier molecular flexibility index (Phi) is 3.89. The number of halogens is 1. The Hall–Kier alpha value is -1.56. The molecule has 2 aliphatic rings. The van der Waals surface area contributed by atoms with Gasteiger partial charge < -0.3 is 14.5 Å². The van der Waals surface area contributed by atoms with Crippen LogP contribution in [0.4, 0.5) is 10.6 Å². The Balaban J connectivity index is 1.58. The van der Waals surface area contributed by atoms with E-state index < -0.39 is 5.60 Å². The van der Waals surface area contributed by atoms with Crippen molar-refractivity contribution in [1.29, 1.82) is 0 Å². The van der Waals surface area contributed by atoms with Gasteiger partial charge in [-0.1, -0.05) is 11.6 Å². The van der Waals surface area contributed by atoms with E-state index in [1.54, 1.807) is 6.07 Å². The van der Waals surface area contributed by atoms with Crippen molar-refractivity contribution in [2.24, 2.45) is 11.8 Å². The van der Waals surface area contributed by atoms with Crippen LogP contribution in [-0.4, -0.2) is 53.0 Å². The Morgan fingerprint density at radius 1 is 1.18 bits per heavy atom. The summed E-state index contributed by atoms with van der Waals surface area (Å²) < 4.78 is 5.45. The van der Waals surface area contributed by atoms with Crippen LogP contribution >= 0.6 is 11.6 Å². The Bertz CT molecular complexity index is 544. The minimum absolute atomic E-state index is 0.209. The summed E-state index contributed by atoms with van der Waals surface area (Å²) in [6.45, 7) is 8.95. The predicted molar refractivity (Wildman–Crippen MR) is 84.0 cm³/mol. The van der Waals surface area contributed by atoms with E-state index in [0.29, 0.717) is 17.0 Å². The van der Waals surface area contributed by atoms with Crippen LogP contribution in [0.25, 0.3) is 0 Å². The highest BCUT2D eigenvalue weighted by Gasteiger charge is 2.43. The summed E-state index contributed by atoms with van der Waals surface area (Å²) >= 11 is 5.77. The number of amides is 1. The predicted octanol–water partition coefficient (Wildman–Crippen LogP) is 2.43. The summed E-state index contributed by atoms with van der Waals surface area (Å²) in [5, 5.41) is 8.42. The molecule has 2 aliphatic heterocycles. The average molecular weight is 325 g/mol. The smallest absolute Gasteiger partial charge is 0.410 e. The van der Waals surface area contributed by atoms with Crippen LogP contribution in [0.1, 0.15) is 20.8 Å². The number of nitrogens with zero attached hydrogens (tertiary/aromatic N) is 4. The van der Waals surface area contributed by atoms with Gasteiger partial charge in [-0.3, -0.25) is 0 Å². The summed E-state index contributed by atoms with van der Waals surface area (Å²) in [5.74, 6) is 1.78. The van der Waals surface area contributed by atoms with E-state index in [-0.39, 0.29) is 6.09 Å². The molecule has 2 saturated heterocycles. The molecule has 7 heteroatoms. The van der Waals surface area contributed by atoms with Gasteiger partial charge in [0.1, 0.15) is 5.60 Å². The number of fused-ring (bicyclic) bond motifs is 1. The lowest BCUT2D eigenvalue weighted by molar-refractivity contribution is 0.0282. The molecule has 0 saturated carbocycles. The van der Waals surface area contributed by atoms with Gasteiger partial charge in [-0.15, -0.1) is 10.2 Å². The van der Waals surface area contributed by atoms with Crippen LogP contribution < -0.4 is 4.90 Å². The molecule has 6 nitrogen and oxygen atoms in total. The van der Waals surface area contributed by atoms with Crippen molar-refractivity contribution in [3.8, 4) is 0 Å². The van der Waals surface area contributed by atoms with Gasteiger partial charge in [0.2, 0.25) is 0 Å². The van der Waals surface area contributed by atoms with Gasteiger partial charge in [0, 0.05) is 38.0 Å². The minimum atomic E-state index is -0.445. The lowest BCUT2D eigenvalue weighted by Crippen LogP contribution is -2.37. The summed E-state index contributed by atoms with van der Waals surface area (Å²) in [4.78, 5) is 16.2. The molecule has 1 aromatic heterocycles. The van der Waals surface area contributed by atoms with Crippen LogP contribution in [0.15, 0.2) is 12.1 Å². The fourth-order valence-corrected chi connectivity index (χ4v) is 3.23. The molecule has 3 heterocycles. The molecule has 0 radical (unpaired) electrons. The third-order valence-corrected chi connectivity index (χ3v) is 4.28. The first kappa shape index (κ1) is 15.3. The molecule has 3 rings (SSSR count). The first-order valence-electron chi connectivity index (χ1n) is 7.54. The van der Waals surface area contributed by atoms with Crippen molar-refractivity contribution in [1.82, 2.24) is 15.1 Å². The molecule has 0 bridgehead atoms. The van der Waals surface area contributed by atoms with E-state index in [2.05, 4.69) is 15.1 Å². The Labute approximate surface area is 135 Å². The summed E-state index contributed by atoms with van der Waals surface area (Å²) in [6, 6.07) is 3.65. The van der Waals surface area contributed by atoms with Crippen LogP contribution in [-0.2, 0) is 4.74 Å². The normalized spacial score (nSPS) is 24.5. The van der Waals surface area contributed by atoms with Crippen molar-refractivity contribution in [2.75, 3.05) is 31.1 Å². The second-order valence-electron chi connectivity index (χ2n) is 7.02. The maximum atomic E-state index is 12.1. The fraction of sp³-hybridized carbons (Fsp3) is 0.667. The molecule has 120 valence electrons. The third kappa shape index (κ3) is 3.27. The standard InChI is InChI=1S/C15H21ClN4O2/c1-15(2,3)22-14(21)20-8-10-6-19(7-11(10)9-20)13-5-4-12(16)17-18-13/h4-5,10-11H,6-9H2,1-3H3/t10-,11-/m1/s1. The zero-order valence-electron chi connectivity index (χ0n) is 13.1. The van der Waals surface area contributed by atoms with Crippen LogP contribution in [0, 0.1) is 11.8 Å². The Morgan fingerprint density at radius 3 is 2.32 bits per heavy atom. The molecule has 1 amide bonds. The molecule has 1 aromatic rings. The molecule has 2 fully saturated rings. The number of anilines is 1. The van der Waals surface area contributed by atoms with Gasteiger partial charge in [0.25, 0.3) is 0 Å². The van der Waals surface area contributed by atoms with E-state index >= 15 is 0 Å². The van der Waals surface area contributed by atoms with E-state index in [9.17, 15) is 4.79 Å². The molecule has 22 heavy (non-hydrogen) atoms. The Morgan fingerprint density at radius 2 is 1.82 bits per heavy atom. The molecule has 2 atom stereocenters. The van der Waals surface area contributed by atoms with Gasteiger partial charge >= 0.3 is 6.09 Å². The van der Waals surface area contributed by atoms with Crippen molar-refractivity contribution in [3.05, 3.63) is 17.3 Å². The number of carbonyl (C=O) groups excluding carboxylic acids is 1. The first-order valence-corrected chi connectivity index (χ1v) is 7.92. The quantitative estimate of drug-likeness (QED) is 0.794. The molecular formula is C15H21ClN4O2. The third-order valence-electron chi connectivity index (χ3n) is 4.08. The largest absolute Gasteiger partial charge is 0.444 e. The highest BCUT2D eigenvalue weighted by molar-refractivity contribution is 6.29. The summed E-state index contributed by atoms with van der Waals surface area (Å²) in [7, 11) is 0. The molecule has 0 aromatic carbocycles. The van der Waals surface area contributed by atoms with Crippen LogP contribution in [0.5, 0.6) is 0 Å². The van der Waals surface area contributed by atoms with Gasteiger partial charge in [0.15, 0.2) is 11.0 Å². The van der Waals surface area contributed by atoms with Crippen molar-refractivity contribution < 1.29 is 9.53 Å². The zero-order valence-corrected chi connectivity index (χ0v) is 13.9. The molecular weight excluding hydrogens is 304 g/mol. The van der Waals surface area contributed by atoms with Crippen molar-refractivity contribution >= 4 is 23.5 Å². The van der Waals surface area contributed by atoms with E-state index in [0.717, 1.165) is 32.0 Å². The van der Waals surface area contributed by atoms with Gasteiger partial charge in [0.05, 0.1) is 0 Å². The maximum Gasteiger partial charge on any atom is 0.410 e. The maximum absolute atomic E-state index is 12.1. The van der Waals surface area contributed by atoms with Crippen molar-refractivity contribution in [2.45, 2.75) is 26.4 Å². The summed E-state index contributed by atoms with van der Waals surface area (Å²) in [5.41, 5.74) is -0.445. The number of carbonyl (C=O) groups is 1. The highest BCUT2D eigenvalue weighted by Crippen LogP contribution is 2.33. The number of likely N-dealkylation sites (tertiary alicyclic amines) is 1. The van der Waals surface area contributed by atoms with Crippen LogP contribution in [0.2, 0.25) is 5.15 Å². The lowest BCUT2D eigenvalue weighted by Gasteiger charge is -2.26. The monoisotopic (exact) mass is 324 g/mol. The number of ether oxygens (including phenoxy) is 1. The fourth-order valence-electron chi connectivity index (χ4n) is 3.13. The number of rotatable bonds is 1. The van der Waals surface area contributed by atoms with Crippen molar-refractivity contribution in [3.63, 3.8) is 0 Å². The van der Waals surface area contributed by atoms with E-state index in [1.165, 1.54) is 0 Å². The highest BCUT2D eigenvalue weighted by atomic mass is 35.5. The minimum Gasteiger partial charge on any atom is -0.444 e. The second-order valence-corrected chi connectivity index (χ2v) is 7.41. The van der Waals surface area contributed by atoms with Crippen LogP contribution in [0.3, 0.4) is 0 Å². The number of hydrogen-bond donors (Lipinski definition) is 0. The lowest BCUT2D eigenvalue weighted by atomic mass is 10.0. The zero-order chi connectivity index (χ0) is 15.9. The average Bonchev–Trinajstić information content (AvgIpc) is 2.95. The first-order chi connectivity index (χ1) is 10.3. The summed E-state index contributed by atoms with van der Waals surface area (Å²) in [6.07, 6.45) is -0.209. The number of hydrogen-bond acceptors (Lipinski definition) is 5. The molecule has 0 N–H and O–H groups in total. The van der Waals surface area contributed by atoms with Gasteiger partial charge in [-0.05, 0) is 32.9 Å². The topological polar surface area (TPSA) is 58.6 Å². The second kappa shape index (κ2) is 5.57. The number of aromatic nitrogens is 2. The molecule has 0 spiro atoms. The van der Waals surface area contributed by atoms with E-state index in [1.807, 2.05) is 31.7 Å². The van der Waals surface area contributed by atoms with E-state index in [4.69, 9.17) is 16.3 Å². The SMILES string of the molecule is CC(C)(C)OC(=O)N1C[C@H]2CN(c3ccc(Cl)nn3)C[C@@H]2C1.